The highest BCUT2D eigenvalue weighted by atomic mass is 127. The minimum absolute atomic E-state index is 0.0894. The highest BCUT2D eigenvalue weighted by Gasteiger charge is 2.16. The molecule has 0 fully saturated rings. The molecule has 1 heterocycles. The number of carbonyl (C=O) groups excluding carboxylic acids is 1. The van der Waals surface area contributed by atoms with E-state index in [0.717, 1.165) is 6.07 Å². The van der Waals surface area contributed by atoms with Gasteiger partial charge in [-0.3, -0.25) is 4.79 Å². The summed E-state index contributed by atoms with van der Waals surface area (Å²) in [6, 6.07) is 2.60. The number of nitrogens with zero attached hydrogens (tertiary/aromatic N) is 2. The summed E-state index contributed by atoms with van der Waals surface area (Å²) < 4.78 is 24.9. The van der Waals surface area contributed by atoms with E-state index < -0.39 is 6.43 Å². The first-order chi connectivity index (χ1) is 6.60. The summed E-state index contributed by atoms with van der Waals surface area (Å²) in [6.07, 6.45) is -2.36. The van der Waals surface area contributed by atoms with Gasteiger partial charge in [0, 0.05) is 5.56 Å². The Kier molecular flexibility index (Phi) is 3.46. The third kappa shape index (κ3) is 2.04. The maximum Gasteiger partial charge on any atom is 0.265 e. The molecule has 0 unspecified atom stereocenters. The first-order valence-corrected chi connectivity index (χ1v) is 4.52. The Bertz CT molecular complexity index is 415. The molecule has 0 spiro atoms. The molecule has 0 aliphatic carbocycles. The fourth-order valence-corrected chi connectivity index (χ4v) is 1.50. The molecular formula is C8H3F2IN2O. The van der Waals surface area contributed by atoms with E-state index in [4.69, 9.17) is 5.26 Å². The predicted octanol–water partition coefficient (Wildman–Crippen LogP) is 2.31. The van der Waals surface area contributed by atoms with Gasteiger partial charge in [-0.15, -0.1) is 0 Å². The minimum Gasteiger partial charge on any atom is -0.296 e. The van der Waals surface area contributed by atoms with Crippen LogP contribution in [0.3, 0.4) is 0 Å². The summed E-state index contributed by atoms with van der Waals surface area (Å²) in [5, 5.41) is 8.48. The van der Waals surface area contributed by atoms with Gasteiger partial charge in [0.1, 0.15) is 17.5 Å². The van der Waals surface area contributed by atoms with Gasteiger partial charge < -0.3 is 0 Å². The highest BCUT2D eigenvalue weighted by molar-refractivity contribution is 14.1. The van der Waals surface area contributed by atoms with Crippen LogP contribution in [-0.4, -0.2) is 11.3 Å². The van der Waals surface area contributed by atoms with Gasteiger partial charge in [-0.25, -0.2) is 13.8 Å². The predicted molar refractivity (Wildman–Crippen MR) is 52.0 cm³/mol. The van der Waals surface area contributed by atoms with Gasteiger partial charge in [-0.05, 0) is 28.7 Å². The van der Waals surface area contributed by atoms with E-state index in [1.54, 1.807) is 28.7 Å². The number of aromatic nitrogens is 1. The number of pyridine rings is 1. The average Bonchev–Trinajstić information content (AvgIpc) is 2.17. The smallest absolute Gasteiger partial charge is 0.265 e. The zero-order chi connectivity index (χ0) is 10.7. The van der Waals surface area contributed by atoms with Crippen molar-refractivity contribution in [3.8, 4) is 6.07 Å². The molecule has 0 bridgehead atoms. The molecule has 0 radical (unpaired) electrons. The average molecular weight is 308 g/mol. The lowest BCUT2D eigenvalue weighted by atomic mass is 10.2. The van der Waals surface area contributed by atoms with Crippen LogP contribution in [0.1, 0.15) is 28.2 Å². The lowest BCUT2D eigenvalue weighted by Gasteiger charge is -2.04. The van der Waals surface area contributed by atoms with Crippen molar-refractivity contribution < 1.29 is 13.6 Å². The molecular weight excluding hydrogens is 305 g/mol. The zero-order valence-corrected chi connectivity index (χ0v) is 8.83. The number of rotatable bonds is 2. The largest absolute Gasteiger partial charge is 0.296 e. The van der Waals surface area contributed by atoms with Crippen molar-refractivity contribution in [1.29, 1.82) is 5.26 Å². The van der Waals surface area contributed by atoms with E-state index >= 15 is 0 Å². The second-order valence-electron chi connectivity index (χ2n) is 2.33. The van der Waals surface area contributed by atoms with Crippen molar-refractivity contribution in [3.63, 3.8) is 0 Å². The van der Waals surface area contributed by atoms with E-state index in [1.807, 2.05) is 0 Å². The summed E-state index contributed by atoms with van der Waals surface area (Å²) in [6.45, 7) is 0. The van der Waals surface area contributed by atoms with E-state index in [1.165, 1.54) is 0 Å². The van der Waals surface area contributed by atoms with Crippen molar-refractivity contribution in [3.05, 3.63) is 26.6 Å². The summed E-state index contributed by atoms with van der Waals surface area (Å²) >= 11 is 1.61. The van der Waals surface area contributed by atoms with Gasteiger partial charge in [0.25, 0.3) is 6.43 Å². The van der Waals surface area contributed by atoms with Crippen LogP contribution in [0.15, 0.2) is 6.07 Å². The molecule has 1 aromatic heterocycles. The number of halogens is 3. The van der Waals surface area contributed by atoms with Gasteiger partial charge in [0.2, 0.25) is 0 Å². The number of hydrogen-bond acceptors (Lipinski definition) is 3. The summed E-state index contributed by atoms with van der Waals surface area (Å²) in [5.41, 5.74) is -0.637. The monoisotopic (exact) mass is 308 g/mol. The Labute approximate surface area is 91.9 Å². The van der Waals surface area contributed by atoms with Crippen LogP contribution in [0.25, 0.3) is 0 Å². The van der Waals surface area contributed by atoms with E-state index in [2.05, 4.69) is 4.98 Å². The Morgan fingerprint density at radius 2 is 2.29 bits per heavy atom. The second kappa shape index (κ2) is 4.41. The van der Waals surface area contributed by atoms with E-state index in [0.29, 0.717) is 6.29 Å². The van der Waals surface area contributed by atoms with Crippen LogP contribution in [0.2, 0.25) is 0 Å². The Morgan fingerprint density at radius 1 is 1.64 bits per heavy atom. The van der Waals surface area contributed by atoms with Crippen LogP contribution in [-0.2, 0) is 0 Å². The summed E-state index contributed by atoms with van der Waals surface area (Å²) in [7, 11) is 0. The van der Waals surface area contributed by atoms with E-state index in [9.17, 15) is 13.6 Å². The molecule has 0 aromatic carbocycles. The van der Waals surface area contributed by atoms with E-state index in [-0.39, 0.29) is 20.5 Å². The molecule has 6 heteroatoms. The number of alkyl halides is 2. The molecule has 0 aliphatic rings. The topological polar surface area (TPSA) is 53.8 Å². The molecule has 0 amide bonds. The van der Waals surface area contributed by atoms with Crippen molar-refractivity contribution in [2.75, 3.05) is 0 Å². The van der Waals surface area contributed by atoms with Gasteiger partial charge in [-0.1, -0.05) is 0 Å². The molecule has 3 nitrogen and oxygen atoms in total. The third-order valence-corrected chi connectivity index (χ3v) is 2.65. The Morgan fingerprint density at radius 3 is 2.71 bits per heavy atom. The second-order valence-corrected chi connectivity index (χ2v) is 3.41. The lowest BCUT2D eigenvalue weighted by Crippen LogP contribution is -2.01. The number of aldehydes is 1. The SMILES string of the molecule is N#Cc1cc(C(F)F)c(I)c(C=O)n1. The zero-order valence-electron chi connectivity index (χ0n) is 6.67. The van der Waals surface area contributed by atoms with Crippen LogP contribution >= 0.6 is 22.6 Å². The van der Waals surface area contributed by atoms with Gasteiger partial charge >= 0.3 is 0 Å². The molecule has 0 aliphatic heterocycles. The van der Waals surface area contributed by atoms with Gasteiger partial charge in [0.15, 0.2) is 6.29 Å². The molecule has 72 valence electrons. The molecule has 1 aromatic rings. The minimum atomic E-state index is -2.71. The molecule has 0 saturated heterocycles. The molecule has 1 rings (SSSR count). The van der Waals surface area contributed by atoms with Crippen molar-refractivity contribution in [2.45, 2.75) is 6.43 Å². The molecule has 0 saturated carbocycles. The Balaban J connectivity index is 3.43. The standard InChI is InChI=1S/C8H3F2IN2O/c9-8(10)5-1-4(2-12)13-6(3-14)7(5)11/h1,3,8H. The molecule has 0 N–H and O–H groups in total. The normalized spacial score (nSPS) is 9.93. The number of hydrogen-bond donors (Lipinski definition) is 0. The number of carbonyl (C=O) groups is 1. The van der Waals surface area contributed by atoms with Crippen LogP contribution in [0.4, 0.5) is 8.78 Å². The maximum absolute atomic E-state index is 12.4. The van der Waals surface area contributed by atoms with Gasteiger partial charge in [0.05, 0.1) is 3.57 Å². The first-order valence-electron chi connectivity index (χ1n) is 3.44. The maximum atomic E-state index is 12.4. The number of nitriles is 1. The van der Waals surface area contributed by atoms with Crippen molar-refractivity contribution >= 4 is 28.9 Å². The summed E-state index contributed by atoms with van der Waals surface area (Å²) in [5.74, 6) is 0. The highest BCUT2D eigenvalue weighted by Crippen LogP contribution is 2.26. The fraction of sp³-hybridized carbons (Fsp3) is 0.125. The van der Waals surface area contributed by atoms with Crippen molar-refractivity contribution in [2.24, 2.45) is 0 Å². The quantitative estimate of drug-likeness (QED) is 0.622. The van der Waals surface area contributed by atoms with Crippen LogP contribution in [0.5, 0.6) is 0 Å². The van der Waals surface area contributed by atoms with Crippen LogP contribution in [0, 0.1) is 14.9 Å². The molecule has 0 atom stereocenters. The first kappa shape index (κ1) is 11.0. The summed E-state index contributed by atoms with van der Waals surface area (Å²) in [4.78, 5) is 14.0. The Hall–Kier alpha value is -1.10. The van der Waals surface area contributed by atoms with Crippen molar-refractivity contribution in [1.82, 2.24) is 4.98 Å². The lowest BCUT2D eigenvalue weighted by molar-refractivity contribution is 0.111. The van der Waals surface area contributed by atoms with Gasteiger partial charge in [-0.2, -0.15) is 5.26 Å². The third-order valence-electron chi connectivity index (χ3n) is 1.47. The fourth-order valence-electron chi connectivity index (χ4n) is 0.864. The molecule has 14 heavy (non-hydrogen) atoms. The van der Waals surface area contributed by atoms with Crippen LogP contribution < -0.4 is 0 Å².